The molecule has 0 atom stereocenters. The smallest absolute Gasteiger partial charge is 0.0699 e. The van der Waals surface area contributed by atoms with Crippen LogP contribution in [0.1, 0.15) is 22.3 Å². The van der Waals surface area contributed by atoms with Gasteiger partial charge in [0.1, 0.15) is 0 Å². The third-order valence-electron chi connectivity index (χ3n) is 3.09. The highest BCUT2D eigenvalue weighted by Crippen LogP contribution is 2.20. The zero-order valence-corrected chi connectivity index (χ0v) is 13.3. The molecular formula is C16H18Cl2O4. The van der Waals surface area contributed by atoms with Gasteiger partial charge >= 0.3 is 0 Å². The van der Waals surface area contributed by atoms with Gasteiger partial charge in [-0.25, -0.2) is 0 Å². The molecule has 4 N–H and O–H groups in total. The van der Waals surface area contributed by atoms with Crippen LogP contribution in [0.5, 0.6) is 0 Å². The molecule has 0 amide bonds. The van der Waals surface area contributed by atoms with E-state index in [1.807, 2.05) is 0 Å². The SMILES string of the molecule is OCc1cccc(Cl)c1CO.OCc1cccc(Cl)c1CO. The van der Waals surface area contributed by atoms with E-state index >= 15 is 0 Å². The first kappa shape index (κ1) is 18.9. The molecule has 0 heterocycles. The van der Waals surface area contributed by atoms with Crippen LogP contribution in [0.25, 0.3) is 0 Å². The van der Waals surface area contributed by atoms with E-state index in [0.717, 1.165) is 0 Å². The lowest BCUT2D eigenvalue weighted by atomic mass is 10.1. The van der Waals surface area contributed by atoms with E-state index in [1.54, 1.807) is 36.4 Å². The van der Waals surface area contributed by atoms with Crippen LogP contribution in [0.4, 0.5) is 0 Å². The molecule has 0 aliphatic heterocycles. The molecule has 22 heavy (non-hydrogen) atoms. The van der Waals surface area contributed by atoms with Gasteiger partial charge in [-0.05, 0) is 23.3 Å². The Labute approximate surface area is 139 Å². The van der Waals surface area contributed by atoms with Crippen LogP contribution >= 0.6 is 23.2 Å². The van der Waals surface area contributed by atoms with Gasteiger partial charge in [0.15, 0.2) is 0 Å². The van der Waals surface area contributed by atoms with Crippen LogP contribution in [-0.4, -0.2) is 20.4 Å². The molecule has 0 radical (unpaired) electrons. The van der Waals surface area contributed by atoms with Crippen molar-refractivity contribution >= 4 is 23.2 Å². The first-order valence-electron chi connectivity index (χ1n) is 6.55. The number of halogens is 2. The Morgan fingerprint density at radius 1 is 0.591 bits per heavy atom. The number of rotatable bonds is 4. The first-order chi connectivity index (χ1) is 10.6. The normalized spacial score (nSPS) is 10.1. The number of hydrogen-bond acceptors (Lipinski definition) is 4. The summed E-state index contributed by atoms with van der Waals surface area (Å²) >= 11 is 11.5. The maximum Gasteiger partial charge on any atom is 0.0699 e. The standard InChI is InChI=1S/2C8H9ClO2/c2*9-8-3-1-2-6(4-10)7(8)5-11/h2*1-3,10-11H,4-5H2. The number of aliphatic hydroxyl groups is 4. The molecule has 6 heteroatoms. The number of aliphatic hydroxyl groups excluding tert-OH is 4. The van der Waals surface area contributed by atoms with Crippen LogP contribution in [0, 0.1) is 0 Å². The fraction of sp³-hybridized carbons (Fsp3) is 0.250. The van der Waals surface area contributed by atoms with Crippen molar-refractivity contribution in [1.29, 1.82) is 0 Å². The summed E-state index contributed by atoms with van der Waals surface area (Å²) in [6, 6.07) is 10.3. The van der Waals surface area contributed by atoms with Gasteiger partial charge < -0.3 is 20.4 Å². The van der Waals surface area contributed by atoms with Gasteiger partial charge in [-0.15, -0.1) is 0 Å². The number of benzene rings is 2. The molecule has 2 rings (SSSR count). The average molecular weight is 345 g/mol. The molecule has 4 nitrogen and oxygen atoms in total. The van der Waals surface area contributed by atoms with E-state index in [1.165, 1.54) is 0 Å². The van der Waals surface area contributed by atoms with Gasteiger partial charge in [0.2, 0.25) is 0 Å². The van der Waals surface area contributed by atoms with Crippen molar-refractivity contribution in [3.63, 3.8) is 0 Å². The molecule has 0 bridgehead atoms. The lowest BCUT2D eigenvalue weighted by Crippen LogP contribution is -1.93. The predicted octanol–water partition coefficient (Wildman–Crippen LogP) is 2.65. The predicted molar refractivity (Wildman–Crippen MR) is 86.6 cm³/mol. The van der Waals surface area contributed by atoms with Crippen LogP contribution in [0.3, 0.4) is 0 Å². The molecule has 0 aliphatic carbocycles. The summed E-state index contributed by atoms with van der Waals surface area (Å²) in [7, 11) is 0. The van der Waals surface area contributed by atoms with E-state index in [2.05, 4.69) is 0 Å². The number of hydrogen-bond donors (Lipinski definition) is 4. The Kier molecular flexibility index (Phi) is 8.42. The molecule has 0 saturated carbocycles. The topological polar surface area (TPSA) is 80.9 Å². The second-order valence-electron chi connectivity index (χ2n) is 4.39. The molecule has 0 unspecified atom stereocenters. The summed E-state index contributed by atoms with van der Waals surface area (Å²) in [6.07, 6.45) is 0. The van der Waals surface area contributed by atoms with Gasteiger partial charge in [-0.3, -0.25) is 0 Å². The molecular weight excluding hydrogens is 327 g/mol. The van der Waals surface area contributed by atoms with E-state index < -0.39 is 0 Å². The molecule has 0 spiro atoms. The van der Waals surface area contributed by atoms with Gasteiger partial charge in [0.25, 0.3) is 0 Å². The fourth-order valence-electron chi connectivity index (χ4n) is 1.86. The summed E-state index contributed by atoms with van der Waals surface area (Å²) in [5, 5.41) is 36.3. The lowest BCUT2D eigenvalue weighted by Gasteiger charge is -2.04. The summed E-state index contributed by atoms with van der Waals surface area (Å²) in [5.41, 5.74) is 2.58. The van der Waals surface area contributed by atoms with Gasteiger partial charge in [0.05, 0.1) is 26.4 Å². The maximum atomic E-state index is 8.83. The molecule has 2 aromatic rings. The van der Waals surface area contributed by atoms with Crippen molar-refractivity contribution < 1.29 is 20.4 Å². The van der Waals surface area contributed by atoms with Crippen LogP contribution in [0.15, 0.2) is 36.4 Å². The Hall–Kier alpha value is -1.14. The van der Waals surface area contributed by atoms with Crippen molar-refractivity contribution in [2.45, 2.75) is 26.4 Å². The summed E-state index contributed by atoms with van der Waals surface area (Å²) < 4.78 is 0. The highest BCUT2D eigenvalue weighted by atomic mass is 35.5. The second kappa shape index (κ2) is 9.79. The van der Waals surface area contributed by atoms with Gasteiger partial charge in [-0.1, -0.05) is 47.5 Å². The third-order valence-corrected chi connectivity index (χ3v) is 3.80. The molecule has 120 valence electrons. The monoisotopic (exact) mass is 344 g/mol. The molecule has 0 aliphatic rings. The van der Waals surface area contributed by atoms with Crippen molar-refractivity contribution in [2.24, 2.45) is 0 Å². The highest BCUT2D eigenvalue weighted by molar-refractivity contribution is 6.31. The molecule has 0 aromatic heterocycles. The molecule has 0 saturated heterocycles. The zero-order valence-electron chi connectivity index (χ0n) is 11.8. The van der Waals surface area contributed by atoms with E-state index in [4.69, 9.17) is 43.6 Å². The van der Waals surface area contributed by atoms with Crippen molar-refractivity contribution in [3.8, 4) is 0 Å². The molecule has 0 fully saturated rings. The second-order valence-corrected chi connectivity index (χ2v) is 5.20. The van der Waals surface area contributed by atoms with E-state index in [0.29, 0.717) is 32.3 Å². The highest BCUT2D eigenvalue weighted by Gasteiger charge is 2.04. The summed E-state index contributed by atoms with van der Waals surface area (Å²) in [5.74, 6) is 0. The summed E-state index contributed by atoms with van der Waals surface area (Å²) in [4.78, 5) is 0. The van der Waals surface area contributed by atoms with E-state index in [9.17, 15) is 0 Å². The minimum Gasteiger partial charge on any atom is -0.392 e. The minimum absolute atomic E-state index is 0.0869. The Morgan fingerprint density at radius 3 is 1.18 bits per heavy atom. The average Bonchev–Trinajstić information content (AvgIpc) is 2.54. The van der Waals surface area contributed by atoms with Crippen LogP contribution in [0.2, 0.25) is 10.0 Å². The zero-order chi connectivity index (χ0) is 16.5. The van der Waals surface area contributed by atoms with Gasteiger partial charge in [-0.2, -0.15) is 0 Å². The van der Waals surface area contributed by atoms with Crippen molar-refractivity contribution in [3.05, 3.63) is 68.7 Å². The maximum absolute atomic E-state index is 8.83. The van der Waals surface area contributed by atoms with Crippen LogP contribution in [-0.2, 0) is 26.4 Å². The van der Waals surface area contributed by atoms with E-state index in [-0.39, 0.29) is 26.4 Å². The Bertz CT molecular complexity index is 549. The third kappa shape index (κ3) is 4.95. The van der Waals surface area contributed by atoms with Crippen molar-refractivity contribution in [2.75, 3.05) is 0 Å². The van der Waals surface area contributed by atoms with Gasteiger partial charge in [0, 0.05) is 21.2 Å². The van der Waals surface area contributed by atoms with Crippen molar-refractivity contribution in [1.82, 2.24) is 0 Å². The Balaban J connectivity index is 0.000000220. The quantitative estimate of drug-likeness (QED) is 0.687. The largest absolute Gasteiger partial charge is 0.392 e. The lowest BCUT2D eigenvalue weighted by molar-refractivity contribution is 0.260. The first-order valence-corrected chi connectivity index (χ1v) is 7.30. The van der Waals surface area contributed by atoms with Crippen LogP contribution < -0.4 is 0 Å². The Morgan fingerprint density at radius 2 is 0.955 bits per heavy atom. The minimum atomic E-state index is -0.129. The summed E-state index contributed by atoms with van der Waals surface area (Å²) in [6.45, 7) is -0.433. The molecule has 2 aromatic carbocycles. The fourth-order valence-corrected chi connectivity index (χ4v) is 2.36.